The van der Waals surface area contributed by atoms with Crippen molar-refractivity contribution in [2.24, 2.45) is 0 Å². The third-order valence-electron chi connectivity index (χ3n) is 6.29. The van der Waals surface area contributed by atoms with Crippen LogP contribution in [0.3, 0.4) is 0 Å². The Morgan fingerprint density at radius 3 is 2.49 bits per heavy atom. The molecule has 1 aliphatic rings. The maximum atomic E-state index is 13.7. The summed E-state index contributed by atoms with van der Waals surface area (Å²) in [6.07, 6.45) is 1.49. The molecule has 7 nitrogen and oxygen atoms in total. The molecule has 5 rings (SSSR count). The number of benzene rings is 3. The van der Waals surface area contributed by atoms with Crippen LogP contribution in [-0.4, -0.2) is 20.7 Å². The molecule has 0 radical (unpaired) electrons. The number of carbonyl (C=O) groups is 1. The standard InChI is InChI=1S/C28H27N5O2/c1-18-10-4-6-12-21(18)16-35-24-15-9-7-13-22(24)26-25(20(3)31-28-29-17-30-33(26)28)27(34)32-23-14-8-5-11-19(23)2/h4-15,17,26H,16H2,1-3H3,(H,32,34)(H,29,30,31). The van der Waals surface area contributed by atoms with Crippen molar-refractivity contribution in [3.8, 4) is 5.75 Å². The van der Waals surface area contributed by atoms with Crippen molar-refractivity contribution >= 4 is 17.5 Å². The molecule has 35 heavy (non-hydrogen) atoms. The lowest BCUT2D eigenvalue weighted by Crippen LogP contribution is -2.32. The van der Waals surface area contributed by atoms with Crippen LogP contribution in [0.5, 0.6) is 5.75 Å². The fraction of sp³-hybridized carbons (Fsp3) is 0.179. The molecule has 2 heterocycles. The number of hydrogen-bond donors (Lipinski definition) is 2. The molecule has 2 N–H and O–H groups in total. The number of anilines is 2. The zero-order valence-corrected chi connectivity index (χ0v) is 19.9. The Bertz CT molecular complexity index is 1420. The zero-order valence-electron chi connectivity index (χ0n) is 19.9. The third kappa shape index (κ3) is 4.40. The molecular weight excluding hydrogens is 438 g/mol. The predicted molar refractivity (Wildman–Crippen MR) is 136 cm³/mol. The number of ether oxygens (including phenoxy) is 1. The van der Waals surface area contributed by atoms with Crippen LogP contribution in [0, 0.1) is 13.8 Å². The van der Waals surface area contributed by atoms with Crippen molar-refractivity contribution in [1.29, 1.82) is 0 Å². The summed E-state index contributed by atoms with van der Waals surface area (Å²) in [4.78, 5) is 18.0. The lowest BCUT2D eigenvalue weighted by atomic mass is 9.94. The fourth-order valence-electron chi connectivity index (χ4n) is 4.34. The molecule has 1 aromatic heterocycles. The first-order chi connectivity index (χ1) is 17.0. The molecule has 0 spiro atoms. The number of allylic oxidation sites excluding steroid dienone is 1. The number of para-hydroxylation sites is 2. The minimum Gasteiger partial charge on any atom is -0.489 e. The van der Waals surface area contributed by atoms with Crippen molar-refractivity contribution in [2.45, 2.75) is 33.4 Å². The van der Waals surface area contributed by atoms with Crippen LogP contribution in [0.15, 0.2) is 90.4 Å². The van der Waals surface area contributed by atoms with Crippen LogP contribution in [0.25, 0.3) is 0 Å². The fourth-order valence-corrected chi connectivity index (χ4v) is 4.34. The summed E-state index contributed by atoms with van der Waals surface area (Å²) in [6.45, 7) is 6.35. The second-order valence-corrected chi connectivity index (χ2v) is 8.62. The van der Waals surface area contributed by atoms with E-state index in [1.165, 1.54) is 11.9 Å². The van der Waals surface area contributed by atoms with Gasteiger partial charge in [-0.05, 0) is 49.6 Å². The minimum atomic E-state index is -0.508. The Hall–Kier alpha value is -4.39. The van der Waals surface area contributed by atoms with Crippen molar-refractivity contribution < 1.29 is 9.53 Å². The second-order valence-electron chi connectivity index (χ2n) is 8.62. The molecule has 3 aromatic carbocycles. The van der Waals surface area contributed by atoms with Crippen LogP contribution >= 0.6 is 0 Å². The van der Waals surface area contributed by atoms with Gasteiger partial charge in [-0.25, -0.2) is 4.68 Å². The monoisotopic (exact) mass is 465 g/mol. The first kappa shape index (κ1) is 22.4. The number of hydrogen-bond acceptors (Lipinski definition) is 5. The molecule has 0 aliphatic carbocycles. The average Bonchev–Trinajstić information content (AvgIpc) is 3.32. The summed E-state index contributed by atoms with van der Waals surface area (Å²) in [5.41, 5.74) is 6.14. The number of amides is 1. The third-order valence-corrected chi connectivity index (χ3v) is 6.29. The van der Waals surface area contributed by atoms with Crippen LogP contribution in [-0.2, 0) is 11.4 Å². The van der Waals surface area contributed by atoms with Crippen LogP contribution in [0.2, 0.25) is 0 Å². The molecular formula is C28H27N5O2. The van der Waals surface area contributed by atoms with Gasteiger partial charge >= 0.3 is 0 Å². The van der Waals surface area contributed by atoms with E-state index in [0.717, 1.165) is 28.1 Å². The van der Waals surface area contributed by atoms with Gasteiger partial charge in [0.15, 0.2) is 0 Å². The van der Waals surface area contributed by atoms with E-state index in [2.05, 4.69) is 39.8 Å². The smallest absolute Gasteiger partial charge is 0.255 e. The Labute approximate surface area is 204 Å². The summed E-state index contributed by atoms with van der Waals surface area (Å²) >= 11 is 0. The summed E-state index contributed by atoms with van der Waals surface area (Å²) in [7, 11) is 0. The number of nitrogens with one attached hydrogen (secondary N) is 2. The zero-order chi connectivity index (χ0) is 24.4. The maximum Gasteiger partial charge on any atom is 0.255 e. The Balaban J connectivity index is 1.53. The Morgan fingerprint density at radius 1 is 0.971 bits per heavy atom. The molecule has 1 unspecified atom stereocenters. The molecule has 0 saturated heterocycles. The van der Waals surface area contributed by atoms with Gasteiger partial charge in [0.1, 0.15) is 24.7 Å². The largest absolute Gasteiger partial charge is 0.489 e. The van der Waals surface area contributed by atoms with Crippen molar-refractivity contribution in [1.82, 2.24) is 14.8 Å². The molecule has 1 amide bonds. The Morgan fingerprint density at radius 2 is 1.69 bits per heavy atom. The summed E-state index contributed by atoms with van der Waals surface area (Å²) < 4.78 is 8.05. The van der Waals surface area contributed by atoms with Crippen LogP contribution in [0.4, 0.5) is 11.6 Å². The Kier molecular flexibility index (Phi) is 6.06. The lowest BCUT2D eigenvalue weighted by Gasteiger charge is -2.30. The van der Waals surface area contributed by atoms with Crippen LogP contribution < -0.4 is 15.4 Å². The van der Waals surface area contributed by atoms with Crippen molar-refractivity contribution in [3.05, 3.63) is 113 Å². The first-order valence-corrected chi connectivity index (χ1v) is 11.5. The van der Waals surface area contributed by atoms with Gasteiger partial charge in [-0.15, -0.1) is 0 Å². The number of aromatic nitrogens is 3. The van der Waals surface area contributed by atoms with Crippen molar-refractivity contribution in [2.75, 3.05) is 10.6 Å². The van der Waals surface area contributed by atoms with E-state index in [1.54, 1.807) is 4.68 Å². The van der Waals surface area contributed by atoms with E-state index in [-0.39, 0.29) is 5.91 Å². The van der Waals surface area contributed by atoms with E-state index >= 15 is 0 Å². The van der Waals surface area contributed by atoms with Gasteiger partial charge in [-0.3, -0.25) is 4.79 Å². The number of aryl methyl sites for hydroxylation is 2. The van der Waals surface area contributed by atoms with E-state index < -0.39 is 6.04 Å². The number of rotatable bonds is 6. The minimum absolute atomic E-state index is 0.204. The molecule has 176 valence electrons. The quantitative estimate of drug-likeness (QED) is 0.398. The SMILES string of the molecule is CC1=C(C(=O)Nc2ccccc2C)C(c2ccccc2OCc2ccccc2C)n2ncnc2N1. The number of nitrogens with zero attached hydrogens (tertiary/aromatic N) is 3. The van der Waals surface area contributed by atoms with Gasteiger partial charge in [0.25, 0.3) is 5.91 Å². The highest BCUT2D eigenvalue weighted by Crippen LogP contribution is 2.39. The normalized spacial score (nSPS) is 14.8. The van der Waals surface area contributed by atoms with Gasteiger partial charge < -0.3 is 15.4 Å². The van der Waals surface area contributed by atoms with E-state index in [4.69, 9.17) is 4.74 Å². The van der Waals surface area contributed by atoms with E-state index in [9.17, 15) is 4.79 Å². The molecule has 0 fully saturated rings. The first-order valence-electron chi connectivity index (χ1n) is 11.5. The average molecular weight is 466 g/mol. The topological polar surface area (TPSA) is 81.1 Å². The highest BCUT2D eigenvalue weighted by atomic mass is 16.5. The summed E-state index contributed by atoms with van der Waals surface area (Å²) in [5, 5.41) is 10.8. The molecule has 0 saturated carbocycles. The number of carbonyl (C=O) groups excluding carboxylic acids is 1. The molecule has 4 aromatic rings. The predicted octanol–water partition coefficient (Wildman–Crippen LogP) is 5.40. The van der Waals surface area contributed by atoms with Crippen LogP contribution in [0.1, 0.15) is 35.2 Å². The van der Waals surface area contributed by atoms with Gasteiger partial charge in [0.05, 0.1) is 5.57 Å². The lowest BCUT2D eigenvalue weighted by molar-refractivity contribution is -0.113. The summed E-state index contributed by atoms with van der Waals surface area (Å²) in [6, 6.07) is 23.1. The number of fused-ring (bicyclic) bond motifs is 1. The maximum absolute atomic E-state index is 13.7. The molecule has 1 aliphatic heterocycles. The second kappa shape index (κ2) is 9.46. The van der Waals surface area contributed by atoms with Gasteiger partial charge in [0.2, 0.25) is 5.95 Å². The van der Waals surface area contributed by atoms with Crippen molar-refractivity contribution in [3.63, 3.8) is 0 Å². The molecule has 1 atom stereocenters. The van der Waals surface area contributed by atoms with Gasteiger partial charge in [-0.2, -0.15) is 10.1 Å². The van der Waals surface area contributed by atoms with Gasteiger partial charge in [-0.1, -0.05) is 60.7 Å². The summed E-state index contributed by atoms with van der Waals surface area (Å²) in [5.74, 6) is 1.07. The molecule has 7 heteroatoms. The van der Waals surface area contributed by atoms with E-state index in [0.29, 0.717) is 23.9 Å². The van der Waals surface area contributed by atoms with Gasteiger partial charge in [0, 0.05) is 16.9 Å². The highest BCUT2D eigenvalue weighted by Gasteiger charge is 2.35. The molecule has 0 bridgehead atoms. The van der Waals surface area contributed by atoms with E-state index in [1.807, 2.05) is 74.5 Å². The highest BCUT2D eigenvalue weighted by molar-refractivity contribution is 6.06.